The Labute approximate surface area is 126 Å². The molecule has 4 nitrogen and oxygen atoms in total. The molecule has 0 aliphatic carbocycles. The predicted molar refractivity (Wildman–Crippen MR) is 83.4 cm³/mol. The van der Waals surface area contributed by atoms with Crippen LogP contribution in [0, 0.1) is 0 Å². The number of rotatable bonds is 7. The largest absolute Gasteiger partial charge is 0.261 e. The van der Waals surface area contributed by atoms with Gasteiger partial charge in [-0.15, -0.1) is 0 Å². The third kappa shape index (κ3) is 4.12. The van der Waals surface area contributed by atoms with Gasteiger partial charge in [-0.3, -0.25) is 4.98 Å². The molecule has 0 radical (unpaired) electrons. The lowest BCUT2D eigenvalue weighted by molar-refractivity contribution is 0.412. The van der Waals surface area contributed by atoms with Crippen molar-refractivity contribution in [2.75, 3.05) is 13.1 Å². The minimum atomic E-state index is -3.43. The molecule has 5 heteroatoms. The fraction of sp³-hybridized carbons (Fsp3) is 0.312. The topological polar surface area (TPSA) is 50.3 Å². The molecule has 0 fully saturated rings. The SMILES string of the molecule is CCCN(CCc1ccccn1)S(=O)(=O)c1ccccc1. The molecule has 112 valence electrons. The van der Waals surface area contributed by atoms with E-state index in [4.69, 9.17) is 0 Å². The highest BCUT2D eigenvalue weighted by Gasteiger charge is 2.23. The molecule has 0 bridgehead atoms. The standard InChI is InChI=1S/C16H20N2O2S/c1-2-13-18(14-11-15-8-6-7-12-17-15)21(19,20)16-9-4-3-5-10-16/h3-10,12H,2,11,13-14H2,1H3. The fourth-order valence-corrected chi connectivity index (χ4v) is 3.68. The molecule has 0 aliphatic heterocycles. The zero-order valence-corrected chi connectivity index (χ0v) is 13.0. The highest BCUT2D eigenvalue weighted by Crippen LogP contribution is 2.16. The molecule has 2 rings (SSSR count). The van der Waals surface area contributed by atoms with Gasteiger partial charge in [0.05, 0.1) is 4.90 Å². The fourth-order valence-electron chi connectivity index (χ4n) is 2.13. The first-order valence-electron chi connectivity index (χ1n) is 7.09. The van der Waals surface area contributed by atoms with Crippen LogP contribution < -0.4 is 0 Å². The molecule has 1 heterocycles. The van der Waals surface area contributed by atoms with Gasteiger partial charge in [-0.25, -0.2) is 8.42 Å². The normalized spacial score (nSPS) is 11.7. The third-order valence-electron chi connectivity index (χ3n) is 3.20. The second-order valence-corrected chi connectivity index (χ2v) is 6.73. The molecule has 2 aromatic rings. The summed E-state index contributed by atoms with van der Waals surface area (Å²) in [6.45, 7) is 2.94. The summed E-state index contributed by atoms with van der Waals surface area (Å²) in [6.07, 6.45) is 3.13. The maximum atomic E-state index is 12.6. The van der Waals surface area contributed by atoms with Gasteiger partial charge in [0.15, 0.2) is 0 Å². The van der Waals surface area contributed by atoms with Gasteiger partial charge in [0.2, 0.25) is 10.0 Å². The Hall–Kier alpha value is -1.72. The van der Waals surface area contributed by atoms with Crippen molar-refractivity contribution in [2.45, 2.75) is 24.7 Å². The second-order valence-electron chi connectivity index (χ2n) is 4.79. The van der Waals surface area contributed by atoms with Gasteiger partial charge in [-0.05, 0) is 30.7 Å². The average molecular weight is 304 g/mol. The van der Waals surface area contributed by atoms with E-state index in [1.54, 1.807) is 30.5 Å². The van der Waals surface area contributed by atoms with Gasteiger partial charge in [0, 0.05) is 31.4 Å². The van der Waals surface area contributed by atoms with E-state index in [9.17, 15) is 8.42 Å². The number of hydrogen-bond donors (Lipinski definition) is 0. The number of aromatic nitrogens is 1. The van der Waals surface area contributed by atoms with Crippen molar-refractivity contribution in [1.29, 1.82) is 0 Å². The molecule has 0 atom stereocenters. The summed E-state index contributed by atoms with van der Waals surface area (Å²) in [5.74, 6) is 0. The molecule has 1 aromatic heterocycles. The molecule has 1 aromatic carbocycles. The molecule has 0 saturated carbocycles. The summed E-state index contributed by atoms with van der Waals surface area (Å²) in [5.41, 5.74) is 0.905. The van der Waals surface area contributed by atoms with Crippen molar-refractivity contribution in [3.05, 3.63) is 60.4 Å². The van der Waals surface area contributed by atoms with Crippen molar-refractivity contribution >= 4 is 10.0 Å². The molecular formula is C16H20N2O2S. The quantitative estimate of drug-likeness (QED) is 0.790. The summed E-state index contributed by atoms with van der Waals surface area (Å²) >= 11 is 0. The van der Waals surface area contributed by atoms with Crippen LogP contribution in [0.2, 0.25) is 0 Å². The van der Waals surface area contributed by atoms with Gasteiger partial charge in [0.25, 0.3) is 0 Å². The van der Waals surface area contributed by atoms with Gasteiger partial charge < -0.3 is 0 Å². The molecule has 0 saturated heterocycles. The van der Waals surface area contributed by atoms with Crippen molar-refractivity contribution in [1.82, 2.24) is 9.29 Å². The lowest BCUT2D eigenvalue weighted by atomic mass is 10.3. The Morgan fingerprint density at radius 2 is 1.71 bits per heavy atom. The molecule has 21 heavy (non-hydrogen) atoms. The smallest absolute Gasteiger partial charge is 0.243 e. The first kappa shape index (κ1) is 15.7. The lowest BCUT2D eigenvalue weighted by Gasteiger charge is -2.21. The van der Waals surface area contributed by atoms with E-state index in [0.717, 1.165) is 12.1 Å². The Morgan fingerprint density at radius 1 is 1.00 bits per heavy atom. The van der Waals surface area contributed by atoms with Crippen LogP contribution >= 0.6 is 0 Å². The Morgan fingerprint density at radius 3 is 2.33 bits per heavy atom. The first-order valence-corrected chi connectivity index (χ1v) is 8.53. The van der Waals surface area contributed by atoms with Gasteiger partial charge >= 0.3 is 0 Å². The summed E-state index contributed by atoms with van der Waals surface area (Å²) in [4.78, 5) is 4.59. The molecule has 0 aliphatic rings. The molecule has 0 amide bonds. The lowest BCUT2D eigenvalue weighted by Crippen LogP contribution is -2.33. The van der Waals surface area contributed by atoms with E-state index >= 15 is 0 Å². The van der Waals surface area contributed by atoms with Crippen LogP contribution in [-0.2, 0) is 16.4 Å². The van der Waals surface area contributed by atoms with Crippen molar-refractivity contribution < 1.29 is 8.42 Å². The minimum absolute atomic E-state index is 0.347. The molecule has 0 N–H and O–H groups in total. The summed E-state index contributed by atoms with van der Waals surface area (Å²) in [6, 6.07) is 14.3. The van der Waals surface area contributed by atoms with Gasteiger partial charge in [-0.1, -0.05) is 31.2 Å². The highest BCUT2D eigenvalue weighted by molar-refractivity contribution is 7.89. The monoisotopic (exact) mass is 304 g/mol. The van der Waals surface area contributed by atoms with Crippen molar-refractivity contribution in [3.63, 3.8) is 0 Å². The summed E-state index contributed by atoms with van der Waals surface area (Å²) < 4.78 is 26.8. The van der Waals surface area contributed by atoms with Crippen LogP contribution in [0.1, 0.15) is 19.0 Å². The summed E-state index contributed by atoms with van der Waals surface area (Å²) in [7, 11) is -3.43. The summed E-state index contributed by atoms with van der Waals surface area (Å²) in [5, 5.41) is 0. The van der Waals surface area contributed by atoms with Crippen LogP contribution in [0.3, 0.4) is 0 Å². The van der Waals surface area contributed by atoms with Crippen LogP contribution in [0.25, 0.3) is 0 Å². The van der Waals surface area contributed by atoms with E-state index in [1.807, 2.05) is 31.2 Å². The van der Waals surface area contributed by atoms with Crippen LogP contribution in [0.5, 0.6) is 0 Å². The third-order valence-corrected chi connectivity index (χ3v) is 5.11. The van der Waals surface area contributed by atoms with E-state index in [-0.39, 0.29) is 0 Å². The number of hydrogen-bond acceptors (Lipinski definition) is 3. The molecule has 0 unspecified atom stereocenters. The zero-order valence-electron chi connectivity index (χ0n) is 12.1. The Bertz CT molecular complexity index is 642. The van der Waals surface area contributed by atoms with E-state index < -0.39 is 10.0 Å². The average Bonchev–Trinajstić information content (AvgIpc) is 2.53. The van der Waals surface area contributed by atoms with Crippen LogP contribution in [0.4, 0.5) is 0 Å². The van der Waals surface area contributed by atoms with Gasteiger partial charge in [0.1, 0.15) is 0 Å². The van der Waals surface area contributed by atoms with E-state index in [1.165, 1.54) is 4.31 Å². The van der Waals surface area contributed by atoms with E-state index in [0.29, 0.717) is 24.4 Å². The predicted octanol–water partition coefficient (Wildman–Crippen LogP) is 2.73. The Balaban J connectivity index is 2.15. The number of sulfonamides is 1. The van der Waals surface area contributed by atoms with Crippen LogP contribution in [-0.4, -0.2) is 30.8 Å². The Kier molecular flexibility index (Phi) is 5.47. The van der Waals surface area contributed by atoms with Gasteiger partial charge in [-0.2, -0.15) is 4.31 Å². The second kappa shape index (κ2) is 7.33. The maximum Gasteiger partial charge on any atom is 0.243 e. The number of pyridine rings is 1. The first-order chi connectivity index (χ1) is 10.1. The van der Waals surface area contributed by atoms with Crippen molar-refractivity contribution in [2.24, 2.45) is 0 Å². The van der Waals surface area contributed by atoms with Crippen molar-refractivity contribution in [3.8, 4) is 0 Å². The maximum absolute atomic E-state index is 12.6. The molecular weight excluding hydrogens is 284 g/mol. The number of nitrogens with zero attached hydrogens (tertiary/aromatic N) is 2. The zero-order chi connectivity index (χ0) is 15.1. The minimum Gasteiger partial charge on any atom is -0.261 e. The molecule has 0 spiro atoms. The van der Waals surface area contributed by atoms with Crippen LogP contribution in [0.15, 0.2) is 59.6 Å². The van der Waals surface area contributed by atoms with E-state index in [2.05, 4.69) is 4.98 Å². The highest BCUT2D eigenvalue weighted by atomic mass is 32.2. The number of benzene rings is 1.